The second-order valence-corrected chi connectivity index (χ2v) is 16.6. The van der Waals surface area contributed by atoms with Gasteiger partial charge in [0.1, 0.15) is 23.0 Å². The molecule has 0 aliphatic carbocycles. The molecule has 10 heteroatoms. The molecule has 4 aromatic rings. The molecule has 0 bridgehead atoms. The van der Waals surface area contributed by atoms with Gasteiger partial charge in [0, 0.05) is 69.5 Å². The topological polar surface area (TPSA) is 86.7 Å². The van der Waals surface area contributed by atoms with Gasteiger partial charge < -0.3 is 9.47 Å². The van der Waals surface area contributed by atoms with Crippen molar-refractivity contribution in [2.45, 2.75) is 47.3 Å². The molecule has 0 fully saturated rings. The molecule has 0 saturated heterocycles. The van der Waals surface area contributed by atoms with Gasteiger partial charge in [-0.25, -0.2) is 0 Å². The Morgan fingerprint density at radius 1 is 0.346 bits per heavy atom. The monoisotopic (exact) mass is 760 g/mol. The third kappa shape index (κ3) is 9.77. The smallest absolute Gasteiger partial charge is 0.190 e. The van der Waals surface area contributed by atoms with Crippen LogP contribution < -0.4 is 0 Å². The SMILES string of the molecule is CC(=O)Sc1ccc(C2=CC(=C3C=C(c4ccc(SC(C)=O)cc4)OC(c4ccc(SC(C)=O)cc4)=C3)C=C(c3ccc(SC(C)=O)cc3)O2)cc1. The van der Waals surface area contributed by atoms with E-state index in [0.717, 1.165) is 53.0 Å². The number of carbonyl (C=O) groups excluding carboxylic acids is 4. The zero-order valence-electron chi connectivity index (χ0n) is 28.6. The van der Waals surface area contributed by atoms with Crippen LogP contribution in [0.4, 0.5) is 0 Å². The van der Waals surface area contributed by atoms with Gasteiger partial charge in [-0.15, -0.1) is 0 Å². The van der Waals surface area contributed by atoms with E-state index in [1.807, 2.05) is 121 Å². The third-order valence-corrected chi connectivity index (χ3v) is 10.7. The minimum absolute atomic E-state index is 0.00805. The fraction of sp³-hybridized carbons (Fsp3) is 0.0952. The van der Waals surface area contributed by atoms with Gasteiger partial charge >= 0.3 is 0 Å². The summed E-state index contributed by atoms with van der Waals surface area (Å²) in [6.45, 7) is 6.16. The predicted molar refractivity (Wildman–Crippen MR) is 213 cm³/mol. The lowest BCUT2D eigenvalue weighted by molar-refractivity contribution is -0.109. The Kier molecular flexibility index (Phi) is 11.9. The molecule has 0 amide bonds. The van der Waals surface area contributed by atoms with Gasteiger partial charge in [0.25, 0.3) is 0 Å². The van der Waals surface area contributed by atoms with E-state index in [1.165, 1.54) is 74.7 Å². The highest BCUT2D eigenvalue weighted by Crippen LogP contribution is 2.39. The van der Waals surface area contributed by atoms with E-state index in [2.05, 4.69) is 0 Å². The van der Waals surface area contributed by atoms with E-state index in [4.69, 9.17) is 9.47 Å². The van der Waals surface area contributed by atoms with Crippen molar-refractivity contribution >= 4 is 90.5 Å². The summed E-state index contributed by atoms with van der Waals surface area (Å²) in [6.07, 6.45) is 7.94. The Labute approximate surface area is 319 Å². The Hall–Kier alpha value is -4.74. The van der Waals surface area contributed by atoms with Gasteiger partial charge in [-0.1, -0.05) is 95.6 Å². The van der Waals surface area contributed by atoms with Crippen molar-refractivity contribution in [2.75, 3.05) is 0 Å². The molecule has 2 aliphatic rings. The molecule has 0 spiro atoms. The first-order chi connectivity index (χ1) is 25.0. The van der Waals surface area contributed by atoms with Gasteiger partial charge in [-0.3, -0.25) is 19.2 Å². The molecule has 6 rings (SSSR count). The first-order valence-corrected chi connectivity index (χ1v) is 19.4. The Balaban J connectivity index is 1.48. The van der Waals surface area contributed by atoms with Crippen LogP contribution in [0.25, 0.3) is 23.0 Å². The zero-order valence-corrected chi connectivity index (χ0v) is 31.9. The summed E-state index contributed by atoms with van der Waals surface area (Å²) in [7, 11) is 0. The average molecular weight is 761 g/mol. The van der Waals surface area contributed by atoms with Crippen molar-refractivity contribution in [1.29, 1.82) is 0 Å². The van der Waals surface area contributed by atoms with Crippen LogP contribution in [-0.4, -0.2) is 20.5 Å². The normalized spacial score (nSPS) is 13.9. The highest BCUT2D eigenvalue weighted by atomic mass is 32.2. The number of hydrogen-bond donors (Lipinski definition) is 0. The molecule has 0 radical (unpaired) electrons. The van der Waals surface area contributed by atoms with E-state index in [0.29, 0.717) is 23.0 Å². The van der Waals surface area contributed by atoms with Crippen LogP contribution in [0.15, 0.2) is 152 Å². The maximum Gasteiger partial charge on any atom is 0.190 e. The van der Waals surface area contributed by atoms with Crippen molar-refractivity contribution in [2.24, 2.45) is 0 Å². The van der Waals surface area contributed by atoms with Crippen LogP contribution in [0.5, 0.6) is 0 Å². The Bertz CT molecular complexity index is 1890. The molecule has 0 atom stereocenters. The lowest BCUT2D eigenvalue weighted by atomic mass is 9.96. The maximum atomic E-state index is 11.7. The maximum absolute atomic E-state index is 11.7. The molecule has 260 valence electrons. The van der Waals surface area contributed by atoms with Gasteiger partial charge in [0.05, 0.1) is 0 Å². The number of benzene rings is 4. The quantitative estimate of drug-likeness (QED) is 0.162. The lowest BCUT2D eigenvalue weighted by Gasteiger charge is -2.23. The summed E-state index contributed by atoms with van der Waals surface area (Å²) in [5.74, 6) is 2.48. The second-order valence-electron chi connectivity index (χ2n) is 11.6. The fourth-order valence-corrected chi connectivity index (χ4v) is 7.73. The van der Waals surface area contributed by atoms with Crippen LogP contribution in [0.1, 0.15) is 49.9 Å². The number of thioether (sulfide) groups is 4. The number of ether oxygens (including phenoxy) is 2. The molecule has 2 heterocycles. The van der Waals surface area contributed by atoms with E-state index in [-0.39, 0.29) is 20.5 Å². The van der Waals surface area contributed by atoms with E-state index < -0.39 is 0 Å². The third-order valence-electron chi connectivity index (χ3n) is 7.52. The van der Waals surface area contributed by atoms with Gasteiger partial charge in [-0.05, 0) is 84.0 Å². The molecule has 4 aromatic carbocycles. The minimum atomic E-state index is 0.00805. The van der Waals surface area contributed by atoms with Crippen molar-refractivity contribution in [3.05, 3.63) is 155 Å². The van der Waals surface area contributed by atoms with Crippen LogP contribution in [0, 0.1) is 0 Å². The number of hydrogen-bond acceptors (Lipinski definition) is 10. The summed E-state index contributed by atoms with van der Waals surface area (Å²) >= 11 is 4.69. The first-order valence-electron chi connectivity index (χ1n) is 16.1. The summed E-state index contributed by atoms with van der Waals surface area (Å²) in [4.78, 5) is 50.2. The van der Waals surface area contributed by atoms with Crippen molar-refractivity contribution in [3.63, 3.8) is 0 Å². The lowest BCUT2D eigenvalue weighted by Crippen LogP contribution is -2.04. The van der Waals surface area contributed by atoms with Crippen LogP contribution in [-0.2, 0) is 28.7 Å². The molecule has 6 nitrogen and oxygen atoms in total. The van der Waals surface area contributed by atoms with Crippen molar-refractivity contribution < 1.29 is 28.7 Å². The van der Waals surface area contributed by atoms with Gasteiger partial charge in [-0.2, -0.15) is 0 Å². The summed E-state index contributed by atoms with van der Waals surface area (Å²) in [6, 6.07) is 30.7. The van der Waals surface area contributed by atoms with Crippen LogP contribution in [0.3, 0.4) is 0 Å². The second kappa shape index (κ2) is 16.7. The summed E-state index contributed by atoms with van der Waals surface area (Å²) in [5, 5.41) is 0.0322. The number of rotatable bonds is 8. The standard InChI is InChI=1S/C42H32O6S4/c1-25(43)49-35-13-5-29(6-14-35)39-21-33(22-40(47-39)30-7-15-36(16-8-30)50-26(2)44)34-23-41(31-9-17-37(18-10-31)51-27(3)45)48-42(24-34)32-11-19-38(20-12-32)52-28(4)46/h5-24H,1-4H3. The molecule has 0 unspecified atom stereocenters. The highest BCUT2D eigenvalue weighted by Gasteiger charge is 2.22. The molecular weight excluding hydrogens is 729 g/mol. The molecular formula is C42H32O6S4. The van der Waals surface area contributed by atoms with Gasteiger partial charge in [0.15, 0.2) is 20.5 Å². The van der Waals surface area contributed by atoms with E-state index in [1.54, 1.807) is 0 Å². The molecule has 52 heavy (non-hydrogen) atoms. The zero-order chi connectivity index (χ0) is 36.8. The van der Waals surface area contributed by atoms with Crippen LogP contribution >= 0.6 is 47.0 Å². The minimum Gasteiger partial charge on any atom is -0.456 e. The Morgan fingerprint density at radius 3 is 0.712 bits per heavy atom. The Morgan fingerprint density at radius 2 is 0.538 bits per heavy atom. The predicted octanol–water partition coefficient (Wildman–Crippen LogP) is 11.1. The van der Waals surface area contributed by atoms with E-state index >= 15 is 0 Å². The highest BCUT2D eigenvalue weighted by molar-refractivity contribution is 8.14. The fourth-order valence-electron chi connectivity index (χ4n) is 5.32. The number of allylic oxidation sites excluding steroid dienone is 6. The van der Waals surface area contributed by atoms with Crippen LogP contribution in [0.2, 0.25) is 0 Å². The van der Waals surface area contributed by atoms with E-state index in [9.17, 15) is 19.2 Å². The first kappa shape index (κ1) is 37.0. The number of carbonyl (C=O) groups is 4. The van der Waals surface area contributed by atoms with Crippen molar-refractivity contribution in [1.82, 2.24) is 0 Å². The summed E-state index contributed by atoms with van der Waals surface area (Å²) < 4.78 is 13.1. The molecule has 0 aromatic heterocycles. The summed E-state index contributed by atoms with van der Waals surface area (Å²) in [5.41, 5.74) is 5.06. The average Bonchev–Trinajstić information content (AvgIpc) is 3.11. The molecule has 0 saturated carbocycles. The van der Waals surface area contributed by atoms with Crippen molar-refractivity contribution in [3.8, 4) is 0 Å². The molecule has 0 N–H and O–H groups in total. The molecule has 2 aliphatic heterocycles. The largest absolute Gasteiger partial charge is 0.456 e. The van der Waals surface area contributed by atoms with Gasteiger partial charge in [0.2, 0.25) is 0 Å².